The molecule has 5 atom stereocenters. The van der Waals surface area contributed by atoms with E-state index in [0.29, 0.717) is 0 Å². The number of nitrogens with one attached hydrogen (secondary N) is 1. The summed E-state index contributed by atoms with van der Waals surface area (Å²) in [6.45, 7) is 0.141. The number of alkyl halides is 1. The lowest BCUT2D eigenvalue weighted by atomic mass is 9.39. The van der Waals surface area contributed by atoms with Crippen LogP contribution in [0, 0.1) is 0 Å². The van der Waals surface area contributed by atoms with Gasteiger partial charge in [0.15, 0.2) is 5.75 Å². The number of methoxy groups -OCH3 is 1. The maximum absolute atomic E-state index is 14.4. The van der Waals surface area contributed by atoms with Gasteiger partial charge in [-0.1, -0.05) is 46.4 Å². The minimum Gasteiger partial charge on any atom is -0.494 e. The van der Waals surface area contributed by atoms with Crippen LogP contribution in [-0.2, 0) is 19.9 Å². The second-order valence-electron chi connectivity index (χ2n) is 9.54. The van der Waals surface area contributed by atoms with E-state index in [1.54, 1.807) is 4.90 Å². The van der Waals surface area contributed by atoms with Gasteiger partial charge in [-0.15, -0.1) is 11.6 Å². The molecule has 186 valence electrons. The Morgan fingerprint density at radius 3 is 2.27 bits per heavy atom. The quantitative estimate of drug-likeness (QED) is 0.317. The van der Waals surface area contributed by atoms with Crippen molar-refractivity contribution >= 4 is 103 Å². The van der Waals surface area contributed by atoms with E-state index in [-0.39, 0.29) is 55.7 Å². The minimum absolute atomic E-state index is 0.0275. The summed E-state index contributed by atoms with van der Waals surface area (Å²) in [5.74, 6) is -2.22. The third-order valence-corrected chi connectivity index (χ3v) is 9.38. The molecule has 7 nitrogen and oxygen atoms in total. The molecule has 0 aliphatic carbocycles. The van der Waals surface area contributed by atoms with Gasteiger partial charge in [0, 0.05) is 33.9 Å². The lowest BCUT2D eigenvalue weighted by Gasteiger charge is -2.44. The highest BCUT2D eigenvalue weighted by Crippen LogP contribution is 2.78. The van der Waals surface area contributed by atoms with Crippen molar-refractivity contribution in [2.45, 2.75) is 34.0 Å². The van der Waals surface area contributed by atoms with Crippen molar-refractivity contribution in [2.24, 2.45) is 0 Å². The Labute approximate surface area is 239 Å². The Bertz CT molecular complexity index is 1440. The molecule has 1 N–H and O–H groups in total. The number of ether oxygens (including phenoxy) is 1. The van der Waals surface area contributed by atoms with Crippen molar-refractivity contribution in [3.63, 3.8) is 0 Å². The molecule has 6 rings (SSSR count). The fourth-order valence-electron chi connectivity index (χ4n) is 6.57. The van der Waals surface area contributed by atoms with Crippen molar-refractivity contribution in [1.82, 2.24) is 4.90 Å². The molecule has 0 aromatic heterocycles. The van der Waals surface area contributed by atoms with Crippen molar-refractivity contribution < 1.29 is 19.1 Å². The maximum Gasteiger partial charge on any atom is 0.250 e. The molecule has 4 radical (unpaired) electrons. The van der Waals surface area contributed by atoms with Crippen LogP contribution in [0.3, 0.4) is 0 Å². The number of benzene rings is 2. The first-order chi connectivity index (χ1) is 17.3. The van der Waals surface area contributed by atoms with E-state index < -0.39 is 45.3 Å². The molecule has 0 bridgehead atoms. The van der Waals surface area contributed by atoms with Gasteiger partial charge in [-0.05, 0) is 30.7 Å². The predicted molar refractivity (Wildman–Crippen MR) is 144 cm³/mol. The molecule has 2 aromatic rings. The van der Waals surface area contributed by atoms with E-state index in [2.05, 4.69) is 5.32 Å². The van der Waals surface area contributed by atoms with Gasteiger partial charge in [0.25, 0.3) is 0 Å². The second kappa shape index (κ2) is 7.96. The Morgan fingerprint density at radius 1 is 1.00 bits per heavy atom. The molecule has 2 aromatic carbocycles. The lowest BCUT2D eigenvalue weighted by molar-refractivity contribution is -0.134. The van der Waals surface area contributed by atoms with E-state index in [9.17, 15) is 14.4 Å². The average Bonchev–Trinajstić information content (AvgIpc) is 3.43. The molecule has 4 unspecified atom stereocenters. The zero-order valence-electron chi connectivity index (χ0n) is 19.0. The number of nitrogens with zero attached hydrogens (tertiary/aromatic N) is 2. The van der Waals surface area contributed by atoms with Gasteiger partial charge >= 0.3 is 0 Å². The number of hydrogen-bond acceptors (Lipinski definition) is 5. The highest BCUT2D eigenvalue weighted by molar-refractivity contribution is 6.56. The summed E-state index contributed by atoms with van der Waals surface area (Å²) in [5, 5.41) is -1.60. The third kappa shape index (κ3) is 2.76. The SMILES string of the molecule is [B]C12C(=O)N(c3cc(Cl)c(OC)c(Cl)c3)C(=O)C1([B])C1(C(=O)Nc3c(Cl)cc(Cl)cc31)N1C[C@@H](Cl)CC12. The summed E-state index contributed by atoms with van der Waals surface area (Å²) < 4.78 is 5.18. The van der Waals surface area contributed by atoms with Gasteiger partial charge in [-0.25, -0.2) is 0 Å². The van der Waals surface area contributed by atoms with Crippen molar-refractivity contribution in [3.05, 3.63) is 49.9 Å². The standard InChI is InChI=1S/C23H14B2Cl5N3O4/c1-37-17-13(29)5-10(6-14(17)30)33-19(35)21(24)15-4-9(27)7-32(15)22(23(21,25)20(33)36)11-2-8(26)3-12(28)16(11)31-18(22)34/h2-3,5-6,9,15H,4,7H2,1H3,(H,31,34)/t9-,15?,21?,22?,23?/m0/s1. The summed E-state index contributed by atoms with van der Waals surface area (Å²) in [4.78, 5) is 45.0. The zero-order valence-corrected chi connectivity index (χ0v) is 22.7. The first-order valence-electron chi connectivity index (χ1n) is 11.1. The summed E-state index contributed by atoms with van der Waals surface area (Å²) in [7, 11) is 15.3. The first-order valence-corrected chi connectivity index (χ1v) is 13.0. The van der Waals surface area contributed by atoms with E-state index in [4.69, 9.17) is 78.4 Å². The molecule has 4 aliphatic heterocycles. The Hall–Kier alpha value is -1.61. The predicted octanol–water partition coefficient (Wildman–Crippen LogP) is 4.38. The Morgan fingerprint density at radius 2 is 1.65 bits per heavy atom. The van der Waals surface area contributed by atoms with Gasteiger partial charge in [0.05, 0.1) is 54.6 Å². The number of anilines is 2. The second-order valence-corrected chi connectivity index (χ2v) is 11.8. The average molecular weight is 595 g/mol. The highest BCUT2D eigenvalue weighted by atomic mass is 35.5. The number of imide groups is 1. The minimum atomic E-state index is -2.28. The van der Waals surface area contributed by atoms with Crippen LogP contribution in [0.2, 0.25) is 30.7 Å². The van der Waals surface area contributed by atoms with Crippen LogP contribution < -0.4 is 15.0 Å². The number of halogens is 5. The van der Waals surface area contributed by atoms with Gasteiger partial charge < -0.3 is 10.1 Å². The molecule has 3 saturated heterocycles. The third-order valence-electron chi connectivity index (χ3n) is 7.98. The Kier molecular flexibility index (Phi) is 5.52. The molecule has 1 spiro atoms. The van der Waals surface area contributed by atoms with Crippen molar-refractivity contribution in [1.29, 1.82) is 0 Å². The Balaban J connectivity index is 1.65. The molecule has 14 heteroatoms. The van der Waals surface area contributed by atoms with Gasteiger partial charge in [-0.3, -0.25) is 24.2 Å². The van der Waals surface area contributed by atoms with Gasteiger partial charge in [-0.2, -0.15) is 0 Å². The fraction of sp³-hybridized carbons (Fsp3) is 0.348. The first kappa shape index (κ1) is 25.7. The van der Waals surface area contributed by atoms with Gasteiger partial charge in [0.1, 0.15) is 5.54 Å². The maximum atomic E-state index is 14.4. The lowest BCUT2D eigenvalue weighted by Crippen LogP contribution is -2.57. The molecular formula is C23H14B2Cl5N3O4. The smallest absolute Gasteiger partial charge is 0.250 e. The van der Waals surface area contributed by atoms with Crippen LogP contribution >= 0.6 is 58.0 Å². The normalized spacial score (nSPS) is 34.2. The van der Waals surface area contributed by atoms with E-state index >= 15 is 0 Å². The fourth-order valence-corrected chi connectivity index (χ4v) is 8.05. The number of hydrogen-bond donors (Lipinski definition) is 1. The molecule has 0 saturated carbocycles. The molecule has 3 amide bonds. The summed E-state index contributed by atoms with van der Waals surface area (Å²) in [5.41, 5.74) is -1.42. The number of fused-ring (bicyclic) bond motifs is 7. The van der Waals surface area contributed by atoms with Crippen LogP contribution in [0.25, 0.3) is 0 Å². The molecule has 37 heavy (non-hydrogen) atoms. The number of carbonyl (C=O) groups is 3. The van der Waals surface area contributed by atoms with Crippen LogP contribution in [0.1, 0.15) is 12.0 Å². The van der Waals surface area contributed by atoms with E-state index in [0.717, 1.165) is 4.90 Å². The zero-order chi connectivity index (χ0) is 26.8. The van der Waals surface area contributed by atoms with Crippen molar-refractivity contribution in [2.75, 3.05) is 23.9 Å². The number of rotatable bonds is 2. The van der Waals surface area contributed by atoms with Crippen LogP contribution in [0.15, 0.2) is 24.3 Å². The van der Waals surface area contributed by atoms with E-state index in [1.807, 2.05) is 0 Å². The van der Waals surface area contributed by atoms with Crippen LogP contribution in [0.5, 0.6) is 5.75 Å². The summed E-state index contributed by atoms with van der Waals surface area (Å²) in [6, 6.07) is 4.78. The number of carbonyl (C=O) groups excluding carboxylic acids is 3. The monoisotopic (exact) mass is 593 g/mol. The van der Waals surface area contributed by atoms with E-state index in [1.165, 1.54) is 31.4 Å². The topological polar surface area (TPSA) is 78.9 Å². The van der Waals surface area contributed by atoms with Crippen LogP contribution in [0.4, 0.5) is 11.4 Å². The van der Waals surface area contributed by atoms with Crippen molar-refractivity contribution in [3.8, 4) is 5.75 Å². The molecule has 3 fully saturated rings. The molecule has 4 heterocycles. The molecular weight excluding hydrogens is 581 g/mol. The molecule has 4 aliphatic rings. The highest BCUT2D eigenvalue weighted by Gasteiger charge is 2.85. The summed E-state index contributed by atoms with van der Waals surface area (Å²) >= 11 is 31.9. The largest absolute Gasteiger partial charge is 0.494 e. The summed E-state index contributed by atoms with van der Waals surface area (Å²) in [6.07, 6.45) is 0.201. The van der Waals surface area contributed by atoms with Crippen LogP contribution in [-0.4, -0.2) is 63.4 Å². The van der Waals surface area contributed by atoms with Gasteiger partial charge in [0.2, 0.25) is 17.7 Å². The number of amides is 3.